The molecule has 0 aliphatic heterocycles. The molecule has 0 aliphatic carbocycles. The van der Waals surface area contributed by atoms with Crippen molar-refractivity contribution in [1.82, 2.24) is 0 Å². The van der Waals surface area contributed by atoms with Gasteiger partial charge in [-0.1, -0.05) is 471 Å². The highest BCUT2D eigenvalue weighted by atomic mass is 28.3. The Labute approximate surface area is 629 Å². The molecule has 1 heteroatoms. The van der Waals surface area contributed by atoms with Crippen LogP contribution in [0.3, 0.4) is 0 Å². The molecule has 12 rings (SSSR count). The third kappa shape index (κ3) is 18.2. The molecule has 0 aliphatic rings. The normalized spacial score (nSPS) is 13.3. The van der Waals surface area contributed by atoms with Crippen molar-refractivity contribution in [3.8, 4) is 0 Å². The zero-order valence-electron chi connectivity index (χ0n) is 63.5. The average Bonchev–Trinajstić information content (AvgIpc) is 0.691. The highest BCUT2D eigenvalue weighted by Gasteiger charge is 2.50. The van der Waals surface area contributed by atoms with Crippen LogP contribution in [0.25, 0.3) is 97.2 Å². The summed E-state index contributed by atoms with van der Waals surface area (Å²) in [5.74, 6) is 0. The highest BCUT2D eigenvalue weighted by molar-refractivity contribution is 7.22. The van der Waals surface area contributed by atoms with E-state index in [1.165, 1.54) is 43.0 Å². The van der Waals surface area contributed by atoms with Gasteiger partial charge in [0.25, 0.3) is 0 Å². The molecule has 0 nitrogen and oxygen atoms in total. The summed E-state index contributed by atoms with van der Waals surface area (Å²) in [7, 11) is -4.31. The summed E-state index contributed by atoms with van der Waals surface area (Å²) in [6.07, 6.45) is 38.1. The van der Waals surface area contributed by atoms with E-state index in [9.17, 15) is 0 Å². The van der Waals surface area contributed by atoms with Gasteiger partial charge in [0.15, 0.2) is 8.07 Å². The van der Waals surface area contributed by atoms with E-state index in [-0.39, 0.29) is 21.7 Å². The summed E-state index contributed by atoms with van der Waals surface area (Å²) >= 11 is 0. The Balaban J connectivity index is 1.36. The van der Waals surface area contributed by atoms with E-state index in [1.54, 1.807) is 0 Å². The Morgan fingerprint density at radius 1 is 0.152 bits per heavy atom. The van der Waals surface area contributed by atoms with E-state index in [2.05, 4.69) is 471 Å². The zero-order chi connectivity index (χ0) is 73.6. The van der Waals surface area contributed by atoms with Crippen LogP contribution < -0.4 is 20.7 Å². The first-order chi connectivity index (χ1) is 50.6. The molecule has 12 aromatic carbocycles. The summed E-state index contributed by atoms with van der Waals surface area (Å²) in [4.78, 5) is 0. The molecule has 105 heavy (non-hydrogen) atoms. The second-order valence-corrected chi connectivity index (χ2v) is 35.3. The maximum Gasteiger partial charge on any atom is 0.184 e. The highest BCUT2D eigenvalue weighted by Crippen LogP contribution is 2.33. The lowest BCUT2D eigenvalue weighted by Gasteiger charge is -2.42. The van der Waals surface area contributed by atoms with Crippen LogP contribution in [0.2, 0.25) is 0 Å². The van der Waals surface area contributed by atoms with Gasteiger partial charge in [-0.05, 0) is 154 Å². The van der Waals surface area contributed by atoms with Crippen molar-refractivity contribution in [1.29, 1.82) is 0 Å². The predicted molar refractivity (Wildman–Crippen MR) is 468 cm³/mol. The number of hydrogen-bond acceptors (Lipinski definition) is 0. The fraction of sp³-hybridized carbons (Fsp3) is 0.154. The molecule has 0 heterocycles. The minimum atomic E-state index is -4.31. The van der Waals surface area contributed by atoms with Crippen molar-refractivity contribution in [2.75, 3.05) is 0 Å². The number of hydrogen-bond donors (Lipinski definition) is 0. The molecule has 12 aromatic rings. The molecule has 0 radical (unpaired) electrons. The molecule has 0 saturated heterocycles. The number of benzene rings is 12. The summed E-state index contributed by atoms with van der Waals surface area (Å²) in [5, 5.41) is 5.00. The topological polar surface area (TPSA) is 0 Å². The van der Waals surface area contributed by atoms with Gasteiger partial charge in [0.1, 0.15) is 0 Å². The first kappa shape index (κ1) is 73.5. The summed E-state index contributed by atoms with van der Waals surface area (Å²) in [6, 6.07) is 108. The van der Waals surface area contributed by atoms with Gasteiger partial charge in [-0.2, -0.15) is 0 Å². The Morgan fingerprint density at radius 3 is 0.438 bits per heavy atom. The van der Waals surface area contributed by atoms with Crippen LogP contribution >= 0.6 is 0 Å². The lowest BCUT2D eigenvalue weighted by Crippen LogP contribution is -2.78. The summed E-state index contributed by atoms with van der Waals surface area (Å²) in [5.41, 5.74) is 23.0. The van der Waals surface area contributed by atoms with Crippen LogP contribution in [0, 0.1) is 0 Å². The van der Waals surface area contributed by atoms with Crippen molar-refractivity contribution in [2.45, 2.75) is 105 Å². The molecule has 0 atom stereocenters. The van der Waals surface area contributed by atoms with Crippen LogP contribution in [0.15, 0.2) is 291 Å². The predicted octanol–water partition coefficient (Wildman–Crippen LogP) is 25.6. The van der Waals surface area contributed by atoms with E-state index in [0.717, 1.165) is 89.0 Å². The minimum Gasteiger partial charge on any atom is -0.0622 e. The first-order valence-corrected chi connectivity index (χ1v) is 39.2. The molecule has 0 aromatic heterocycles. The van der Waals surface area contributed by atoms with Gasteiger partial charge < -0.3 is 0 Å². The molecule has 0 N–H and O–H groups in total. The van der Waals surface area contributed by atoms with Gasteiger partial charge in [-0.25, -0.2) is 0 Å². The van der Waals surface area contributed by atoms with Crippen molar-refractivity contribution < 1.29 is 0 Å². The van der Waals surface area contributed by atoms with Gasteiger partial charge >= 0.3 is 0 Å². The van der Waals surface area contributed by atoms with Gasteiger partial charge in [0.05, 0.1) is 0 Å². The van der Waals surface area contributed by atoms with Crippen LogP contribution in [-0.4, -0.2) is 8.07 Å². The fourth-order valence-electron chi connectivity index (χ4n) is 14.1. The van der Waals surface area contributed by atoms with E-state index < -0.39 is 8.07 Å². The van der Waals surface area contributed by atoms with E-state index in [0.29, 0.717) is 0 Å². The standard InChI is InChI=1S/C104H100Si/c1-101(2,3)93-69-53-81(54-70-93)49-65-89-41-25-37-85(61-45-77-29-17-13-18-30-77)97(89)105(98-86(62-46-78-31-19-14-20-32-78)38-26-42-90(98)66-50-82-55-71-94(72-56-82)102(4,5)6,99-87(63-47-79-33-21-15-22-34-79)39-27-43-91(99)67-51-83-57-73-95(74-58-83)103(7,8)9)100-88(64-48-80-35-23-16-24-36-80)40-28-44-92(100)68-52-84-59-75-96(76-60-84)104(10,11)12/h13-76H,1-12H3. The molecule has 0 unspecified atom stereocenters. The number of rotatable bonds is 20. The van der Waals surface area contributed by atoms with Crippen molar-refractivity contribution in [3.05, 3.63) is 402 Å². The molecule has 0 bridgehead atoms. The smallest absolute Gasteiger partial charge is 0.0622 e. The monoisotopic (exact) mass is 1380 g/mol. The van der Waals surface area contributed by atoms with E-state index in [4.69, 9.17) is 0 Å². The van der Waals surface area contributed by atoms with Crippen molar-refractivity contribution in [2.24, 2.45) is 0 Å². The Hall–Kier alpha value is -11.2. The van der Waals surface area contributed by atoms with Crippen molar-refractivity contribution in [3.63, 3.8) is 0 Å². The van der Waals surface area contributed by atoms with Crippen LogP contribution in [0.5, 0.6) is 0 Å². The van der Waals surface area contributed by atoms with Crippen LogP contribution in [0.1, 0.15) is 194 Å². The van der Waals surface area contributed by atoms with E-state index >= 15 is 0 Å². The summed E-state index contributed by atoms with van der Waals surface area (Å²) < 4.78 is 0. The molecular weight excluding hydrogens is 1280 g/mol. The maximum atomic E-state index is 2.43. The minimum absolute atomic E-state index is 0.0147. The third-order valence-electron chi connectivity index (χ3n) is 20.0. The summed E-state index contributed by atoms with van der Waals surface area (Å²) in [6.45, 7) is 27.5. The molecule has 0 fully saturated rings. The maximum absolute atomic E-state index is 4.31. The molecule has 0 saturated carbocycles. The molecule has 0 amide bonds. The SMILES string of the molecule is CC(C)(C)c1ccc(C=Cc2cccc(C=Cc3ccccc3)c2[Si](c2c(C=Cc3ccccc3)cccc2C=Cc2ccc(C(C)(C)C)cc2)(c2c(C=Cc3ccccc3)cccc2C=Cc2ccc(C(C)(C)C)cc2)c2c(C=Cc3ccccc3)cccc2C=Cc2ccc(C(C)(C)C)cc2)cc1. The Morgan fingerprint density at radius 2 is 0.295 bits per heavy atom. The average molecular weight is 1380 g/mol. The second kappa shape index (κ2) is 32.6. The Kier molecular flexibility index (Phi) is 22.8. The van der Waals surface area contributed by atoms with Gasteiger partial charge in [-0.15, -0.1) is 0 Å². The Bertz CT molecular complexity index is 4490. The lowest BCUT2D eigenvalue weighted by atomic mass is 9.86. The van der Waals surface area contributed by atoms with Gasteiger partial charge in [0.2, 0.25) is 0 Å². The largest absolute Gasteiger partial charge is 0.184 e. The van der Waals surface area contributed by atoms with Crippen molar-refractivity contribution >= 4 is 126 Å². The second-order valence-electron chi connectivity index (χ2n) is 31.8. The quantitative estimate of drug-likeness (QED) is 0.0405. The third-order valence-corrected chi connectivity index (χ3v) is 25.3. The van der Waals surface area contributed by atoms with Gasteiger partial charge in [-0.3, -0.25) is 0 Å². The molecular formula is C104H100Si. The van der Waals surface area contributed by atoms with Crippen LogP contribution in [0.4, 0.5) is 0 Å². The lowest BCUT2D eigenvalue weighted by molar-refractivity contribution is 0.590. The van der Waals surface area contributed by atoms with Gasteiger partial charge in [0, 0.05) is 0 Å². The molecule has 520 valence electrons. The van der Waals surface area contributed by atoms with Crippen LogP contribution in [-0.2, 0) is 21.7 Å². The first-order valence-electron chi connectivity index (χ1n) is 37.2. The fourth-order valence-corrected chi connectivity index (χ4v) is 20.4. The van der Waals surface area contributed by atoms with E-state index in [1.807, 2.05) is 0 Å². The molecule has 0 spiro atoms. The zero-order valence-corrected chi connectivity index (χ0v) is 64.5.